The van der Waals surface area contributed by atoms with Crippen molar-refractivity contribution in [2.75, 3.05) is 46.9 Å². The molecule has 16 heavy (non-hydrogen) atoms. The quantitative estimate of drug-likeness (QED) is 0.599. The van der Waals surface area contributed by atoms with Gasteiger partial charge in [-0.1, -0.05) is 0 Å². The summed E-state index contributed by atoms with van der Waals surface area (Å²) >= 11 is 0. The summed E-state index contributed by atoms with van der Waals surface area (Å²) in [5.41, 5.74) is 0. The summed E-state index contributed by atoms with van der Waals surface area (Å²) < 4.78 is 5.50. The van der Waals surface area contributed by atoms with Crippen LogP contribution in [0.25, 0.3) is 0 Å². The zero-order valence-corrected chi connectivity index (χ0v) is 10.3. The Kier molecular flexibility index (Phi) is 6.37. The first-order chi connectivity index (χ1) is 7.74. The molecule has 1 aliphatic heterocycles. The lowest BCUT2D eigenvalue weighted by Crippen LogP contribution is -2.42. The van der Waals surface area contributed by atoms with Gasteiger partial charge in [0.2, 0.25) is 5.91 Å². The SMILES string of the molecule is CNCCCN(C)C(=O)CC1CNCCO1. The Bertz CT molecular complexity index is 205. The summed E-state index contributed by atoms with van der Waals surface area (Å²) in [6.45, 7) is 4.14. The van der Waals surface area contributed by atoms with E-state index in [1.54, 1.807) is 4.90 Å². The van der Waals surface area contributed by atoms with Crippen molar-refractivity contribution in [2.24, 2.45) is 0 Å². The van der Waals surface area contributed by atoms with E-state index in [-0.39, 0.29) is 12.0 Å². The number of rotatable bonds is 6. The Balaban J connectivity index is 2.16. The van der Waals surface area contributed by atoms with E-state index >= 15 is 0 Å². The molecule has 1 aliphatic rings. The molecule has 0 bridgehead atoms. The second-order valence-corrected chi connectivity index (χ2v) is 4.17. The second-order valence-electron chi connectivity index (χ2n) is 4.17. The molecule has 0 radical (unpaired) electrons. The van der Waals surface area contributed by atoms with Crippen molar-refractivity contribution in [2.45, 2.75) is 18.9 Å². The first-order valence-corrected chi connectivity index (χ1v) is 5.95. The van der Waals surface area contributed by atoms with E-state index in [4.69, 9.17) is 4.74 Å². The van der Waals surface area contributed by atoms with Gasteiger partial charge in [-0.3, -0.25) is 4.79 Å². The molecular weight excluding hydrogens is 206 g/mol. The molecule has 0 aliphatic carbocycles. The normalized spacial score (nSPS) is 20.8. The van der Waals surface area contributed by atoms with E-state index in [2.05, 4.69) is 10.6 Å². The molecule has 1 rings (SSSR count). The first-order valence-electron chi connectivity index (χ1n) is 5.95. The van der Waals surface area contributed by atoms with E-state index in [0.717, 1.165) is 32.6 Å². The summed E-state index contributed by atoms with van der Waals surface area (Å²) in [5.74, 6) is 0.171. The standard InChI is InChI=1S/C11H23N3O2/c1-12-4-3-6-14(2)11(15)8-10-9-13-5-7-16-10/h10,12-13H,3-9H2,1-2H3. The lowest BCUT2D eigenvalue weighted by Gasteiger charge is -2.25. The van der Waals surface area contributed by atoms with Gasteiger partial charge in [0.15, 0.2) is 0 Å². The molecule has 0 saturated carbocycles. The molecule has 0 aromatic heterocycles. The highest BCUT2D eigenvalue weighted by atomic mass is 16.5. The van der Waals surface area contributed by atoms with Crippen LogP contribution in [0.5, 0.6) is 0 Å². The van der Waals surface area contributed by atoms with Crippen LogP contribution in [-0.4, -0.2) is 63.8 Å². The minimum atomic E-state index is 0.0491. The fraction of sp³-hybridized carbons (Fsp3) is 0.909. The van der Waals surface area contributed by atoms with Crippen LogP contribution in [0.4, 0.5) is 0 Å². The van der Waals surface area contributed by atoms with Crippen molar-refractivity contribution >= 4 is 5.91 Å². The third-order valence-corrected chi connectivity index (χ3v) is 2.75. The molecule has 94 valence electrons. The molecule has 0 aromatic carbocycles. The number of carbonyl (C=O) groups is 1. The molecule has 1 amide bonds. The number of hydrogen-bond donors (Lipinski definition) is 2. The van der Waals surface area contributed by atoms with Crippen LogP contribution in [-0.2, 0) is 9.53 Å². The van der Waals surface area contributed by atoms with Crippen molar-refractivity contribution in [3.8, 4) is 0 Å². The van der Waals surface area contributed by atoms with Crippen LogP contribution < -0.4 is 10.6 Å². The van der Waals surface area contributed by atoms with Gasteiger partial charge in [0.05, 0.1) is 19.1 Å². The highest BCUT2D eigenvalue weighted by Gasteiger charge is 2.19. The molecule has 5 heteroatoms. The highest BCUT2D eigenvalue weighted by molar-refractivity contribution is 5.76. The van der Waals surface area contributed by atoms with E-state index in [1.807, 2.05) is 14.1 Å². The molecule has 1 saturated heterocycles. The Morgan fingerprint density at radius 3 is 3.06 bits per heavy atom. The predicted molar refractivity (Wildman–Crippen MR) is 63.4 cm³/mol. The molecule has 0 aromatic rings. The average molecular weight is 229 g/mol. The van der Waals surface area contributed by atoms with E-state index in [0.29, 0.717) is 13.0 Å². The fourth-order valence-electron chi connectivity index (χ4n) is 1.72. The molecule has 5 nitrogen and oxygen atoms in total. The van der Waals surface area contributed by atoms with Crippen LogP contribution in [0.3, 0.4) is 0 Å². The van der Waals surface area contributed by atoms with Crippen LogP contribution in [0.15, 0.2) is 0 Å². The number of hydrogen-bond acceptors (Lipinski definition) is 4. The number of nitrogens with one attached hydrogen (secondary N) is 2. The van der Waals surface area contributed by atoms with E-state index < -0.39 is 0 Å². The molecule has 1 fully saturated rings. The second kappa shape index (κ2) is 7.60. The lowest BCUT2D eigenvalue weighted by atomic mass is 10.2. The van der Waals surface area contributed by atoms with Crippen molar-refractivity contribution in [3.05, 3.63) is 0 Å². The zero-order valence-electron chi connectivity index (χ0n) is 10.3. The Morgan fingerprint density at radius 1 is 1.62 bits per heavy atom. The first kappa shape index (κ1) is 13.4. The van der Waals surface area contributed by atoms with Gasteiger partial charge in [-0.15, -0.1) is 0 Å². The Hall–Kier alpha value is -0.650. The van der Waals surface area contributed by atoms with Gasteiger partial charge in [0.1, 0.15) is 0 Å². The van der Waals surface area contributed by atoms with Gasteiger partial charge in [0.25, 0.3) is 0 Å². The summed E-state index contributed by atoms with van der Waals surface area (Å²) in [5, 5.41) is 6.30. The summed E-state index contributed by atoms with van der Waals surface area (Å²) in [6.07, 6.45) is 1.53. The van der Waals surface area contributed by atoms with Gasteiger partial charge in [0, 0.05) is 26.7 Å². The van der Waals surface area contributed by atoms with Crippen molar-refractivity contribution in [3.63, 3.8) is 0 Å². The maximum Gasteiger partial charge on any atom is 0.224 e. The number of carbonyl (C=O) groups excluding carboxylic acids is 1. The van der Waals surface area contributed by atoms with Crippen molar-refractivity contribution < 1.29 is 9.53 Å². The third kappa shape index (κ3) is 4.92. The van der Waals surface area contributed by atoms with Crippen LogP contribution in [0.2, 0.25) is 0 Å². The monoisotopic (exact) mass is 229 g/mol. The molecular formula is C11H23N3O2. The fourth-order valence-corrected chi connectivity index (χ4v) is 1.72. The minimum Gasteiger partial charge on any atom is -0.375 e. The van der Waals surface area contributed by atoms with Crippen LogP contribution in [0, 0.1) is 0 Å². The van der Waals surface area contributed by atoms with Crippen molar-refractivity contribution in [1.29, 1.82) is 0 Å². The average Bonchev–Trinajstić information content (AvgIpc) is 2.30. The van der Waals surface area contributed by atoms with Gasteiger partial charge < -0.3 is 20.3 Å². The van der Waals surface area contributed by atoms with Crippen LogP contribution >= 0.6 is 0 Å². The maximum atomic E-state index is 11.8. The number of ether oxygens (including phenoxy) is 1. The Labute approximate surface area is 97.5 Å². The predicted octanol–water partition coefficient (Wildman–Crippen LogP) is -0.567. The largest absolute Gasteiger partial charge is 0.375 e. The topological polar surface area (TPSA) is 53.6 Å². The lowest BCUT2D eigenvalue weighted by molar-refractivity contribution is -0.133. The number of nitrogens with zero attached hydrogens (tertiary/aromatic N) is 1. The molecule has 1 atom stereocenters. The van der Waals surface area contributed by atoms with Crippen molar-refractivity contribution in [1.82, 2.24) is 15.5 Å². The summed E-state index contributed by atoms with van der Waals surface area (Å²) in [4.78, 5) is 13.6. The number of morpholine rings is 1. The third-order valence-electron chi connectivity index (χ3n) is 2.75. The summed E-state index contributed by atoms with van der Waals surface area (Å²) in [6, 6.07) is 0. The molecule has 0 spiro atoms. The van der Waals surface area contributed by atoms with E-state index in [1.165, 1.54) is 0 Å². The molecule has 1 unspecified atom stereocenters. The minimum absolute atomic E-state index is 0.0491. The number of amides is 1. The Morgan fingerprint density at radius 2 is 2.44 bits per heavy atom. The van der Waals surface area contributed by atoms with Gasteiger partial charge in [-0.25, -0.2) is 0 Å². The van der Waals surface area contributed by atoms with Crippen LogP contribution in [0.1, 0.15) is 12.8 Å². The molecule has 1 heterocycles. The molecule has 2 N–H and O–H groups in total. The van der Waals surface area contributed by atoms with Gasteiger partial charge >= 0.3 is 0 Å². The zero-order chi connectivity index (χ0) is 11.8. The summed E-state index contributed by atoms with van der Waals surface area (Å²) in [7, 11) is 3.78. The van der Waals surface area contributed by atoms with Gasteiger partial charge in [-0.2, -0.15) is 0 Å². The maximum absolute atomic E-state index is 11.8. The van der Waals surface area contributed by atoms with Gasteiger partial charge in [-0.05, 0) is 20.0 Å². The van der Waals surface area contributed by atoms with E-state index in [9.17, 15) is 4.79 Å². The smallest absolute Gasteiger partial charge is 0.224 e. The highest BCUT2D eigenvalue weighted by Crippen LogP contribution is 2.04.